The molecule has 6 atom stereocenters. The molecule has 1 heterocycles. The summed E-state index contributed by atoms with van der Waals surface area (Å²) in [6.07, 6.45) is 7.26. The SMILES string of the molecule is O=P(O)(O)OP(=O)(O)OP(=O)(O)OC[C@@H]1CC[C@H](C2CCC2C2CCC2)O1. The van der Waals surface area contributed by atoms with Gasteiger partial charge < -0.3 is 24.3 Å². The Morgan fingerprint density at radius 1 is 0.815 bits per heavy atom. The minimum Gasteiger partial charge on any atom is -0.372 e. The number of hydrogen-bond donors (Lipinski definition) is 4. The second-order valence-corrected chi connectivity index (χ2v) is 11.8. The van der Waals surface area contributed by atoms with E-state index in [1.54, 1.807) is 0 Å². The summed E-state index contributed by atoms with van der Waals surface area (Å²) < 4.78 is 51.5. The molecular formula is C13H25O11P3. The molecule has 0 aromatic rings. The van der Waals surface area contributed by atoms with Crippen LogP contribution in [0.15, 0.2) is 0 Å². The first-order valence-electron chi connectivity index (χ1n) is 8.88. The maximum atomic E-state index is 11.7. The molecule has 158 valence electrons. The number of ether oxygens (including phenoxy) is 1. The Bertz CT molecular complexity index is 674. The molecule has 2 saturated carbocycles. The van der Waals surface area contributed by atoms with E-state index in [0.717, 1.165) is 18.8 Å². The monoisotopic (exact) mass is 450 g/mol. The predicted molar refractivity (Wildman–Crippen MR) is 91.3 cm³/mol. The third kappa shape index (κ3) is 6.17. The van der Waals surface area contributed by atoms with Gasteiger partial charge in [0.2, 0.25) is 0 Å². The number of rotatable bonds is 9. The zero-order chi connectivity index (χ0) is 19.9. The highest BCUT2D eigenvalue weighted by atomic mass is 31.3. The van der Waals surface area contributed by atoms with Crippen LogP contribution in [0.3, 0.4) is 0 Å². The third-order valence-electron chi connectivity index (χ3n) is 5.60. The highest BCUT2D eigenvalue weighted by molar-refractivity contribution is 7.66. The van der Waals surface area contributed by atoms with Crippen LogP contribution in [-0.2, 0) is 31.6 Å². The van der Waals surface area contributed by atoms with Crippen LogP contribution in [0, 0.1) is 17.8 Å². The maximum Gasteiger partial charge on any atom is 0.490 e. The first-order valence-corrected chi connectivity index (χ1v) is 13.4. The summed E-state index contributed by atoms with van der Waals surface area (Å²) in [5.41, 5.74) is 0. The van der Waals surface area contributed by atoms with Crippen molar-refractivity contribution in [3.05, 3.63) is 0 Å². The van der Waals surface area contributed by atoms with E-state index < -0.39 is 29.6 Å². The van der Waals surface area contributed by atoms with Gasteiger partial charge in [-0.3, -0.25) is 4.52 Å². The second kappa shape index (κ2) is 8.25. The Balaban J connectivity index is 1.44. The van der Waals surface area contributed by atoms with E-state index in [4.69, 9.17) is 19.4 Å². The molecule has 0 aromatic heterocycles. The van der Waals surface area contributed by atoms with Crippen molar-refractivity contribution in [1.29, 1.82) is 0 Å². The summed E-state index contributed by atoms with van der Waals surface area (Å²) in [7, 11) is -15.9. The van der Waals surface area contributed by atoms with Gasteiger partial charge in [-0.05, 0) is 43.4 Å². The summed E-state index contributed by atoms with van der Waals surface area (Å²) in [5, 5.41) is 0. The summed E-state index contributed by atoms with van der Waals surface area (Å²) in [4.78, 5) is 35.6. The summed E-state index contributed by atoms with van der Waals surface area (Å²) >= 11 is 0. The van der Waals surface area contributed by atoms with E-state index in [1.807, 2.05) is 0 Å². The number of phosphoric ester groups is 1. The molecule has 0 radical (unpaired) electrons. The van der Waals surface area contributed by atoms with Gasteiger partial charge in [-0.1, -0.05) is 19.3 Å². The lowest BCUT2D eigenvalue weighted by Crippen LogP contribution is -2.42. The molecule has 1 aliphatic heterocycles. The van der Waals surface area contributed by atoms with E-state index in [0.29, 0.717) is 18.3 Å². The van der Waals surface area contributed by atoms with E-state index in [1.165, 1.54) is 25.7 Å². The van der Waals surface area contributed by atoms with Crippen LogP contribution in [0.2, 0.25) is 0 Å². The molecule has 0 bridgehead atoms. The highest BCUT2D eigenvalue weighted by Crippen LogP contribution is 2.66. The van der Waals surface area contributed by atoms with Crippen molar-refractivity contribution < 1.29 is 51.2 Å². The minimum absolute atomic E-state index is 0.0823. The second-order valence-electron chi connectivity index (χ2n) is 7.36. The van der Waals surface area contributed by atoms with Gasteiger partial charge in [-0.15, -0.1) is 0 Å². The van der Waals surface area contributed by atoms with Gasteiger partial charge in [0.15, 0.2) is 0 Å². The van der Waals surface area contributed by atoms with Crippen LogP contribution in [0.4, 0.5) is 0 Å². The standard InChI is InChI=1S/C13H25O11P3/c14-25(15,16)23-27(19,20)24-26(17,18)21-8-10-4-7-13(22-10)12-6-5-11(12)9-2-1-3-9/h9-13H,1-8H2,(H,17,18)(H,19,20)(H2,14,15,16)/t10-,11?,12?,13+/m0/s1. The van der Waals surface area contributed by atoms with Crippen LogP contribution in [0.1, 0.15) is 44.9 Å². The fourth-order valence-corrected chi connectivity index (χ4v) is 7.17. The van der Waals surface area contributed by atoms with Crippen LogP contribution < -0.4 is 0 Å². The van der Waals surface area contributed by atoms with Gasteiger partial charge in [-0.25, -0.2) is 13.7 Å². The van der Waals surface area contributed by atoms with Crippen LogP contribution in [-0.4, -0.2) is 38.4 Å². The molecular weight excluding hydrogens is 425 g/mol. The molecule has 3 aliphatic rings. The van der Waals surface area contributed by atoms with Crippen molar-refractivity contribution in [1.82, 2.24) is 0 Å². The molecule has 3 fully saturated rings. The first kappa shape index (κ1) is 22.1. The Hall–Kier alpha value is 0.370. The highest BCUT2D eigenvalue weighted by Gasteiger charge is 2.46. The van der Waals surface area contributed by atoms with Crippen molar-refractivity contribution in [2.24, 2.45) is 17.8 Å². The first-order chi connectivity index (χ1) is 12.4. The van der Waals surface area contributed by atoms with Crippen molar-refractivity contribution in [3.63, 3.8) is 0 Å². The topological polar surface area (TPSA) is 169 Å². The Morgan fingerprint density at radius 2 is 1.48 bits per heavy atom. The average molecular weight is 450 g/mol. The maximum absolute atomic E-state index is 11.7. The van der Waals surface area contributed by atoms with Crippen molar-refractivity contribution in [2.45, 2.75) is 57.2 Å². The van der Waals surface area contributed by atoms with Gasteiger partial charge in [0.25, 0.3) is 0 Å². The van der Waals surface area contributed by atoms with Crippen LogP contribution in [0.5, 0.6) is 0 Å². The zero-order valence-electron chi connectivity index (χ0n) is 14.5. The zero-order valence-corrected chi connectivity index (χ0v) is 17.2. The Labute approximate surface area is 156 Å². The normalized spacial score (nSPS) is 36.4. The number of phosphoric acid groups is 3. The van der Waals surface area contributed by atoms with Gasteiger partial charge in [-0.2, -0.15) is 8.62 Å². The van der Waals surface area contributed by atoms with E-state index >= 15 is 0 Å². The van der Waals surface area contributed by atoms with E-state index in [2.05, 4.69) is 13.1 Å². The molecule has 4 unspecified atom stereocenters. The van der Waals surface area contributed by atoms with Crippen LogP contribution in [0.25, 0.3) is 0 Å². The summed E-state index contributed by atoms with van der Waals surface area (Å²) in [6.45, 7) is -0.346. The van der Waals surface area contributed by atoms with Crippen molar-refractivity contribution in [3.8, 4) is 0 Å². The molecule has 0 amide bonds. The van der Waals surface area contributed by atoms with Gasteiger partial charge >= 0.3 is 23.5 Å². The molecule has 0 aromatic carbocycles. The molecule has 14 heteroatoms. The van der Waals surface area contributed by atoms with E-state index in [-0.39, 0.29) is 12.7 Å². The lowest BCUT2D eigenvalue weighted by Gasteiger charge is -2.48. The van der Waals surface area contributed by atoms with Crippen LogP contribution >= 0.6 is 23.5 Å². The fourth-order valence-electron chi connectivity index (χ4n) is 4.12. The molecule has 1 saturated heterocycles. The predicted octanol–water partition coefficient (Wildman–Crippen LogP) is 2.70. The summed E-state index contributed by atoms with van der Waals surface area (Å²) in [6, 6.07) is 0. The molecule has 27 heavy (non-hydrogen) atoms. The van der Waals surface area contributed by atoms with Crippen molar-refractivity contribution in [2.75, 3.05) is 6.61 Å². The fraction of sp³-hybridized carbons (Fsp3) is 1.00. The Kier molecular flexibility index (Phi) is 6.74. The molecule has 0 spiro atoms. The lowest BCUT2D eigenvalue weighted by molar-refractivity contribution is -0.0755. The molecule has 2 aliphatic carbocycles. The van der Waals surface area contributed by atoms with Gasteiger partial charge in [0, 0.05) is 0 Å². The quantitative estimate of drug-likeness (QED) is 0.381. The van der Waals surface area contributed by atoms with Gasteiger partial charge in [0.05, 0.1) is 18.8 Å². The van der Waals surface area contributed by atoms with Crippen molar-refractivity contribution >= 4 is 23.5 Å². The third-order valence-corrected chi connectivity index (χ3v) is 9.40. The molecule has 11 nitrogen and oxygen atoms in total. The lowest BCUT2D eigenvalue weighted by atomic mass is 9.59. The average Bonchev–Trinajstić information content (AvgIpc) is 2.83. The molecule has 4 N–H and O–H groups in total. The largest absolute Gasteiger partial charge is 0.490 e. The summed E-state index contributed by atoms with van der Waals surface area (Å²) in [5.74, 6) is 1.99. The smallest absolute Gasteiger partial charge is 0.372 e. The molecule has 3 rings (SSSR count). The van der Waals surface area contributed by atoms with E-state index in [9.17, 15) is 18.6 Å². The van der Waals surface area contributed by atoms with Gasteiger partial charge in [0.1, 0.15) is 0 Å². The minimum atomic E-state index is -5.48. The number of hydrogen-bond acceptors (Lipinski definition) is 7. The Morgan fingerprint density at radius 3 is 2.00 bits per heavy atom.